The smallest absolute Gasteiger partial charge is 0.191 e. The van der Waals surface area contributed by atoms with Gasteiger partial charge in [-0.25, -0.2) is 4.99 Å². The Hall–Kier alpha value is -1.63. The van der Waals surface area contributed by atoms with Gasteiger partial charge in [-0.1, -0.05) is 26.7 Å². The van der Waals surface area contributed by atoms with Crippen LogP contribution in [-0.4, -0.2) is 44.5 Å². The first kappa shape index (κ1) is 18.7. The first-order valence-electron chi connectivity index (χ1n) is 9.27. The molecule has 0 spiro atoms. The van der Waals surface area contributed by atoms with Crippen LogP contribution in [0.25, 0.3) is 0 Å². The average Bonchev–Trinajstić information content (AvgIpc) is 3.14. The summed E-state index contributed by atoms with van der Waals surface area (Å²) in [7, 11) is 0. The van der Waals surface area contributed by atoms with Gasteiger partial charge in [-0.05, 0) is 26.2 Å². The number of fused-ring (bicyclic) bond motifs is 1. The largest absolute Gasteiger partial charge is 0.388 e. The van der Waals surface area contributed by atoms with Gasteiger partial charge < -0.3 is 20.3 Å². The molecule has 136 valence electrons. The summed E-state index contributed by atoms with van der Waals surface area (Å²) >= 11 is 0. The van der Waals surface area contributed by atoms with Crippen molar-refractivity contribution in [1.82, 2.24) is 25.4 Å². The van der Waals surface area contributed by atoms with Crippen molar-refractivity contribution < 1.29 is 5.11 Å². The first-order chi connectivity index (χ1) is 11.6. The number of nitrogens with one attached hydrogen (secondary N) is 2. The maximum Gasteiger partial charge on any atom is 0.191 e. The summed E-state index contributed by atoms with van der Waals surface area (Å²) in [6, 6.07) is 0. The summed E-state index contributed by atoms with van der Waals surface area (Å²) in [5.41, 5.74) is -0.671. The lowest BCUT2D eigenvalue weighted by atomic mass is 9.93. The van der Waals surface area contributed by atoms with E-state index < -0.39 is 5.60 Å². The Kier molecular flexibility index (Phi) is 7.02. The fourth-order valence-electron chi connectivity index (χ4n) is 3.30. The third-order valence-electron chi connectivity index (χ3n) is 4.42. The van der Waals surface area contributed by atoms with E-state index in [0.717, 1.165) is 69.2 Å². The minimum Gasteiger partial charge on any atom is -0.388 e. The van der Waals surface area contributed by atoms with Crippen LogP contribution >= 0.6 is 0 Å². The van der Waals surface area contributed by atoms with E-state index in [1.807, 2.05) is 6.92 Å². The summed E-state index contributed by atoms with van der Waals surface area (Å²) in [5, 5.41) is 25.7. The van der Waals surface area contributed by atoms with Crippen molar-refractivity contribution in [3.8, 4) is 0 Å². The van der Waals surface area contributed by atoms with Gasteiger partial charge in [-0.15, -0.1) is 10.2 Å². The van der Waals surface area contributed by atoms with Crippen LogP contribution in [0.1, 0.15) is 64.5 Å². The minimum atomic E-state index is -0.671. The molecular weight excluding hydrogens is 304 g/mol. The molecule has 0 aromatic carbocycles. The molecule has 24 heavy (non-hydrogen) atoms. The topological polar surface area (TPSA) is 87.4 Å². The van der Waals surface area contributed by atoms with Crippen molar-refractivity contribution in [3.05, 3.63) is 11.6 Å². The standard InChI is InChI=1S/C17H32N6O/c1-4-9-17(24,10-5-2)13-20-16(18-6-3)19-12-15-22-21-14-8-7-11-23(14)15/h24H,4-13H2,1-3H3,(H2,18,19,20). The molecule has 3 N–H and O–H groups in total. The Morgan fingerprint density at radius 2 is 1.96 bits per heavy atom. The highest BCUT2D eigenvalue weighted by molar-refractivity contribution is 5.79. The molecule has 0 unspecified atom stereocenters. The number of hydrogen-bond acceptors (Lipinski definition) is 4. The molecule has 0 aliphatic carbocycles. The van der Waals surface area contributed by atoms with Gasteiger partial charge in [-0.2, -0.15) is 0 Å². The van der Waals surface area contributed by atoms with Gasteiger partial charge >= 0.3 is 0 Å². The monoisotopic (exact) mass is 336 g/mol. The zero-order valence-electron chi connectivity index (χ0n) is 15.3. The second-order valence-corrected chi connectivity index (χ2v) is 6.56. The maximum absolute atomic E-state index is 10.7. The van der Waals surface area contributed by atoms with Crippen molar-refractivity contribution in [3.63, 3.8) is 0 Å². The number of rotatable bonds is 9. The molecule has 0 fully saturated rings. The zero-order chi connectivity index (χ0) is 17.4. The predicted octanol–water partition coefficient (Wildman–Crippen LogP) is 1.61. The molecule has 1 aromatic rings. The number of aryl methyl sites for hydroxylation is 1. The maximum atomic E-state index is 10.7. The second kappa shape index (κ2) is 9.01. The van der Waals surface area contributed by atoms with Crippen molar-refractivity contribution in [2.24, 2.45) is 4.99 Å². The fourth-order valence-corrected chi connectivity index (χ4v) is 3.30. The highest BCUT2D eigenvalue weighted by atomic mass is 16.3. The summed E-state index contributed by atoms with van der Waals surface area (Å²) in [6.45, 7) is 9.03. The molecule has 0 radical (unpaired) electrons. The van der Waals surface area contributed by atoms with E-state index in [4.69, 9.17) is 0 Å². The molecule has 7 nitrogen and oxygen atoms in total. The third-order valence-corrected chi connectivity index (χ3v) is 4.42. The Balaban J connectivity index is 1.97. The first-order valence-corrected chi connectivity index (χ1v) is 9.27. The quantitative estimate of drug-likeness (QED) is 0.471. The van der Waals surface area contributed by atoms with E-state index in [0.29, 0.717) is 13.1 Å². The number of nitrogens with zero attached hydrogens (tertiary/aromatic N) is 4. The van der Waals surface area contributed by atoms with Crippen LogP contribution in [0.4, 0.5) is 0 Å². The number of aromatic nitrogens is 3. The van der Waals surface area contributed by atoms with Gasteiger partial charge in [0.15, 0.2) is 11.8 Å². The summed E-state index contributed by atoms with van der Waals surface area (Å²) in [6.07, 6.45) is 5.68. The van der Waals surface area contributed by atoms with Gasteiger partial charge in [-0.3, -0.25) is 0 Å². The lowest BCUT2D eigenvalue weighted by Gasteiger charge is -2.28. The normalized spacial score (nSPS) is 14.8. The SMILES string of the molecule is CCCC(O)(CCC)CNC(=NCc1nnc2n1CCC2)NCC. The van der Waals surface area contributed by atoms with Crippen LogP contribution in [0.3, 0.4) is 0 Å². The van der Waals surface area contributed by atoms with Crippen LogP contribution in [0.2, 0.25) is 0 Å². The number of guanidine groups is 1. The van der Waals surface area contributed by atoms with E-state index in [9.17, 15) is 5.11 Å². The molecule has 2 rings (SSSR count). The Morgan fingerprint density at radius 3 is 2.62 bits per heavy atom. The molecule has 1 aliphatic heterocycles. The van der Waals surface area contributed by atoms with Crippen LogP contribution < -0.4 is 10.6 Å². The molecule has 1 aromatic heterocycles. The average molecular weight is 336 g/mol. The Bertz CT molecular complexity index is 533. The van der Waals surface area contributed by atoms with E-state index in [1.54, 1.807) is 0 Å². The summed E-state index contributed by atoms with van der Waals surface area (Å²) < 4.78 is 2.16. The van der Waals surface area contributed by atoms with E-state index in [-0.39, 0.29) is 0 Å². The van der Waals surface area contributed by atoms with Gasteiger partial charge in [0.1, 0.15) is 12.4 Å². The molecule has 0 amide bonds. The Morgan fingerprint density at radius 1 is 1.21 bits per heavy atom. The summed E-state index contributed by atoms with van der Waals surface area (Å²) in [4.78, 5) is 4.62. The van der Waals surface area contributed by atoms with Crippen LogP contribution in [0, 0.1) is 0 Å². The zero-order valence-corrected chi connectivity index (χ0v) is 15.3. The van der Waals surface area contributed by atoms with E-state index >= 15 is 0 Å². The fraction of sp³-hybridized carbons (Fsp3) is 0.824. The van der Waals surface area contributed by atoms with Crippen molar-refractivity contribution in [2.75, 3.05) is 13.1 Å². The highest BCUT2D eigenvalue weighted by Crippen LogP contribution is 2.18. The molecule has 2 heterocycles. The highest BCUT2D eigenvalue weighted by Gasteiger charge is 2.25. The predicted molar refractivity (Wildman–Crippen MR) is 95.9 cm³/mol. The molecular formula is C17H32N6O. The van der Waals surface area contributed by atoms with Crippen LogP contribution in [0.15, 0.2) is 4.99 Å². The molecule has 0 saturated carbocycles. The Labute approximate surface area is 145 Å². The number of hydrogen-bond donors (Lipinski definition) is 3. The second-order valence-electron chi connectivity index (χ2n) is 6.56. The molecule has 0 bridgehead atoms. The van der Waals surface area contributed by atoms with Gasteiger partial charge in [0.05, 0.1) is 5.60 Å². The lowest BCUT2D eigenvalue weighted by molar-refractivity contribution is 0.0257. The van der Waals surface area contributed by atoms with Gasteiger partial charge in [0, 0.05) is 26.1 Å². The van der Waals surface area contributed by atoms with Crippen molar-refractivity contribution >= 4 is 5.96 Å². The summed E-state index contributed by atoms with van der Waals surface area (Å²) in [5.74, 6) is 2.70. The third kappa shape index (κ3) is 4.93. The van der Waals surface area contributed by atoms with E-state index in [2.05, 4.69) is 44.2 Å². The van der Waals surface area contributed by atoms with Crippen molar-refractivity contribution in [1.29, 1.82) is 0 Å². The van der Waals surface area contributed by atoms with Crippen molar-refractivity contribution in [2.45, 2.75) is 78.0 Å². The van der Waals surface area contributed by atoms with Crippen LogP contribution in [-0.2, 0) is 19.5 Å². The number of aliphatic imine (C=N–C) groups is 1. The molecule has 7 heteroatoms. The van der Waals surface area contributed by atoms with Gasteiger partial charge in [0.25, 0.3) is 0 Å². The molecule has 0 atom stereocenters. The van der Waals surface area contributed by atoms with Gasteiger partial charge in [0.2, 0.25) is 0 Å². The molecule has 0 saturated heterocycles. The number of aliphatic hydroxyl groups is 1. The molecule has 1 aliphatic rings. The minimum absolute atomic E-state index is 0.502. The van der Waals surface area contributed by atoms with Crippen LogP contribution in [0.5, 0.6) is 0 Å². The van der Waals surface area contributed by atoms with E-state index in [1.165, 1.54) is 0 Å². The lowest BCUT2D eigenvalue weighted by Crippen LogP contribution is -2.47.